The van der Waals surface area contributed by atoms with Gasteiger partial charge in [0.25, 0.3) is 0 Å². The molecule has 2 fully saturated rings. The summed E-state index contributed by atoms with van der Waals surface area (Å²) >= 11 is 0. The van der Waals surface area contributed by atoms with E-state index in [0.717, 1.165) is 61.4 Å². The van der Waals surface area contributed by atoms with Gasteiger partial charge in [0.15, 0.2) is 15.7 Å². The Morgan fingerprint density at radius 1 is 1.06 bits per heavy atom. The van der Waals surface area contributed by atoms with E-state index in [0.29, 0.717) is 11.3 Å². The van der Waals surface area contributed by atoms with Crippen molar-refractivity contribution in [3.63, 3.8) is 0 Å². The van der Waals surface area contributed by atoms with E-state index in [9.17, 15) is 8.42 Å². The van der Waals surface area contributed by atoms with Crippen molar-refractivity contribution in [1.82, 2.24) is 20.4 Å². The number of hydrogen-bond donors (Lipinski definition) is 2. The zero-order valence-electron chi connectivity index (χ0n) is 19.2. The third-order valence-electron chi connectivity index (χ3n) is 7.81. The lowest BCUT2D eigenvalue weighted by atomic mass is 9.84. The summed E-state index contributed by atoms with van der Waals surface area (Å²) in [6, 6.07) is 15.4. The number of benzene rings is 2. The fraction of sp³-hybridized carbons (Fsp3) is 0.385. The fourth-order valence-corrected chi connectivity index (χ4v) is 6.50. The summed E-state index contributed by atoms with van der Waals surface area (Å²) in [5.41, 5.74) is 3.41. The summed E-state index contributed by atoms with van der Waals surface area (Å²) in [5.74, 6) is 1.51. The molecule has 176 valence electrons. The number of fused-ring (bicyclic) bond motifs is 3. The lowest BCUT2D eigenvalue weighted by Crippen LogP contribution is -2.40. The van der Waals surface area contributed by atoms with Gasteiger partial charge in [-0.1, -0.05) is 35.5 Å². The minimum atomic E-state index is -3.17. The summed E-state index contributed by atoms with van der Waals surface area (Å²) in [6.07, 6.45) is 9.15. The highest BCUT2D eigenvalue weighted by atomic mass is 32.2. The fourth-order valence-electron chi connectivity index (χ4n) is 5.87. The zero-order chi connectivity index (χ0) is 23.4. The molecule has 2 aromatic carbocycles. The van der Waals surface area contributed by atoms with E-state index in [1.807, 2.05) is 30.5 Å². The van der Waals surface area contributed by atoms with Crippen molar-refractivity contribution in [3.8, 4) is 0 Å². The van der Waals surface area contributed by atoms with Crippen LogP contribution in [0.4, 0.5) is 0 Å². The highest BCUT2D eigenvalue weighted by Gasteiger charge is 2.57. The number of hydrogen-bond acceptors (Lipinski definition) is 6. The summed E-state index contributed by atoms with van der Waals surface area (Å²) in [4.78, 5) is 8.52. The average molecular weight is 477 g/mol. The van der Waals surface area contributed by atoms with Crippen LogP contribution >= 0.6 is 0 Å². The van der Waals surface area contributed by atoms with Crippen LogP contribution in [0, 0.1) is 0 Å². The average Bonchev–Trinajstić information content (AvgIpc) is 3.62. The maximum atomic E-state index is 11.7. The Kier molecular flexibility index (Phi) is 4.93. The van der Waals surface area contributed by atoms with Crippen molar-refractivity contribution in [2.75, 3.05) is 6.26 Å². The van der Waals surface area contributed by atoms with Gasteiger partial charge >= 0.3 is 0 Å². The van der Waals surface area contributed by atoms with Crippen LogP contribution in [0.2, 0.25) is 0 Å². The predicted molar refractivity (Wildman–Crippen MR) is 129 cm³/mol. The number of para-hydroxylation sites is 1. The van der Waals surface area contributed by atoms with Crippen molar-refractivity contribution < 1.29 is 12.9 Å². The molecule has 0 atom stereocenters. The third kappa shape index (κ3) is 3.75. The Bertz CT molecular complexity index is 1440. The van der Waals surface area contributed by atoms with Crippen LogP contribution < -0.4 is 5.32 Å². The van der Waals surface area contributed by atoms with Gasteiger partial charge in [-0.15, -0.1) is 0 Å². The third-order valence-corrected chi connectivity index (χ3v) is 8.93. The second kappa shape index (κ2) is 7.78. The van der Waals surface area contributed by atoms with E-state index in [1.54, 1.807) is 12.1 Å². The van der Waals surface area contributed by atoms with Crippen molar-refractivity contribution in [1.29, 1.82) is 0 Å². The van der Waals surface area contributed by atoms with E-state index >= 15 is 0 Å². The first kappa shape index (κ1) is 21.6. The molecule has 0 aliphatic heterocycles. The van der Waals surface area contributed by atoms with Gasteiger partial charge in [0, 0.05) is 41.9 Å². The molecule has 0 spiro atoms. The Morgan fingerprint density at radius 2 is 1.82 bits per heavy atom. The molecular weight excluding hydrogens is 448 g/mol. The van der Waals surface area contributed by atoms with Gasteiger partial charge < -0.3 is 14.8 Å². The molecule has 0 unspecified atom stereocenters. The number of nitrogens with zero attached hydrogens (tertiary/aromatic N) is 2. The molecule has 2 N–H and O–H groups in total. The van der Waals surface area contributed by atoms with Gasteiger partial charge in [-0.2, -0.15) is 4.98 Å². The monoisotopic (exact) mass is 476 g/mol. The molecule has 2 saturated carbocycles. The predicted octanol–water partition coefficient (Wildman–Crippen LogP) is 4.29. The first-order chi connectivity index (χ1) is 16.3. The molecule has 6 rings (SSSR count). The molecule has 4 aromatic rings. The zero-order valence-corrected chi connectivity index (χ0v) is 20.0. The molecule has 7 nitrogen and oxygen atoms in total. The van der Waals surface area contributed by atoms with Gasteiger partial charge in [-0.25, -0.2) is 8.42 Å². The number of aromatic amines is 1. The summed E-state index contributed by atoms with van der Waals surface area (Å²) < 4.78 is 29.2. The molecule has 0 amide bonds. The van der Waals surface area contributed by atoms with Gasteiger partial charge in [0.05, 0.1) is 10.3 Å². The Hall–Kier alpha value is -2.97. The highest BCUT2D eigenvalue weighted by molar-refractivity contribution is 7.90. The standard InChI is InChI=1S/C26H28N4O3S/c1-34(31,32)20-8-6-18(7-9-20)15-28-26-12-10-25(17-26,11-13-26)24-29-23(30-33-24)14-19-16-27-22-5-3-2-4-21(19)22/h2-9,16,27-28H,10-15,17H2,1H3. The number of aromatic nitrogens is 3. The summed E-state index contributed by atoms with van der Waals surface area (Å²) in [5, 5.41) is 9.30. The molecule has 2 aromatic heterocycles. The Morgan fingerprint density at radius 3 is 2.59 bits per heavy atom. The maximum absolute atomic E-state index is 11.7. The minimum absolute atomic E-state index is 0.0430. The SMILES string of the molecule is CS(=O)(=O)c1ccc(CNC23CCC(c4nc(Cc5c[nH]c6ccccc56)no4)(CC2)C3)cc1. The molecule has 34 heavy (non-hydrogen) atoms. The van der Waals surface area contributed by atoms with Crippen LogP contribution in [-0.4, -0.2) is 35.3 Å². The molecule has 2 aliphatic rings. The minimum Gasteiger partial charge on any atom is -0.361 e. The molecule has 0 saturated heterocycles. The van der Waals surface area contributed by atoms with Gasteiger partial charge in [0.1, 0.15) is 0 Å². The largest absolute Gasteiger partial charge is 0.361 e. The van der Waals surface area contributed by atoms with E-state index in [4.69, 9.17) is 9.51 Å². The van der Waals surface area contributed by atoms with Crippen molar-refractivity contribution in [2.45, 2.75) is 60.9 Å². The molecule has 2 bridgehead atoms. The lowest BCUT2D eigenvalue weighted by Gasteiger charge is -2.28. The molecule has 2 aliphatic carbocycles. The van der Waals surface area contributed by atoms with Crippen LogP contribution in [-0.2, 0) is 28.2 Å². The quantitative estimate of drug-likeness (QED) is 0.413. The van der Waals surface area contributed by atoms with E-state index < -0.39 is 9.84 Å². The molecular formula is C26H28N4O3S. The first-order valence-electron chi connectivity index (χ1n) is 11.8. The first-order valence-corrected chi connectivity index (χ1v) is 13.7. The van der Waals surface area contributed by atoms with Crippen LogP contribution in [0.1, 0.15) is 54.9 Å². The Labute approximate surface area is 198 Å². The van der Waals surface area contributed by atoms with Crippen molar-refractivity contribution in [3.05, 3.63) is 77.6 Å². The van der Waals surface area contributed by atoms with Crippen LogP contribution in [0.25, 0.3) is 10.9 Å². The Balaban J connectivity index is 1.14. The number of H-pyrrole nitrogens is 1. The second-order valence-electron chi connectivity index (χ2n) is 10.1. The summed E-state index contributed by atoms with van der Waals surface area (Å²) in [7, 11) is -3.17. The van der Waals surface area contributed by atoms with Crippen molar-refractivity contribution >= 4 is 20.7 Å². The molecule has 2 heterocycles. The highest BCUT2D eigenvalue weighted by Crippen LogP contribution is 2.57. The number of nitrogens with one attached hydrogen (secondary N) is 2. The van der Waals surface area contributed by atoms with Gasteiger partial charge in [-0.05, 0) is 61.4 Å². The van der Waals surface area contributed by atoms with E-state index in [2.05, 4.69) is 27.6 Å². The maximum Gasteiger partial charge on any atom is 0.232 e. The van der Waals surface area contributed by atoms with Gasteiger partial charge in [0.2, 0.25) is 5.89 Å². The van der Waals surface area contributed by atoms with Crippen LogP contribution in [0.15, 0.2) is 64.1 Å². The normalized spacial score (nSPS) is 24.3. The second-order valence-corrected chi connectivity index (χ2v) is 12.1. The lowest BCUT2D eigenvalue weighted by molar-refractivity contribution is 0.274. The number of rotatable bonds is 7. The van der Waals surface area contributed by atoms with E-state index in [-0.39, 0.29) is 11.0 Å². The van der Waals surface area contributed by atoms with Crippen molar-refractivity contribution in [2.24, 2.45) is 0 Å². The molecule has 0 radical (unpaired) electrons. The van der Waals surface area contributed by atoms with Gasteiger partial charge in [-0.3, -0.25) is 0 Å². The van der Waals surface area contributed by atoms with Crippen LogP contribution in [0.5, 0.6) is 0 Å². The van der Waals surface area contributed by atoms with Crippen LogP contribution in [0.3, 0.4) is 0 Å². The summed E-state index contributed by atoms with van der Waals surface area (Å²) in [6.45, 7) is 0.718. The van der Waals surface area contributed by atoms with E-state index in [1.165, 1.54) is 17.2 Å². The molecule has 8 heteroatoms. The number of sulfone groups is 1. The smallest absolute Gasteiger partial charge is 0.232 e. The topological polar surface area (TPSA) is 101 Å².